The highest BCUT2D eigenvalue weighted by molar-refractivity contribution is 7.20. The summed E-state index contributed by atoms with van der Waals surface area (Å²) in [6.07, 6.45) is 0. The summed E-state index contributed by atoms with van der Waals surface area (Å²) < 4.78 is 26.4. The van der Waals surface area contributed by atoms with Crippen molar-refractivity contribution in [3.05, 3.63) is 218 Å². The monoisotopic (exact) mass is 704 g/mol. The third-order valence-corrected chi connectivity index (χ3v) is 13.7. The van der Waals surface area contributed by atoms with E-state index in [2.05, 4.69) is 84.9 Å². The van der Waals surface area contributed by atoms with Gasteiger partial charge in [0.1, 0.15) is 46.0 Å². The second-order valence-corrected chi connectivity index (χ2v) is 16.3. The van der Waals surface area contributed by atoms with Crippen LogP contribution in [-0.2, 0) is 0 Å². The Balaban J connectivity index is 1.41. The van der Waals surface area contributed by atoms with E-state index < -0.39 is 8.07 Å². The molecule has 0 radical (unpaired) electrons. The Bertz CT molecular complexity index is 2080. The molecule has 0 unspecified atom stereocenters. The lowest BCUT2D eigenvalue weighted by Crippen LogP contribution is -2.74. The maximum absolute atomic E-state index is 6.60. The smallest absolute Gasteiger partial charge is 0.180 e. The van der Waals surface area contributed by atoms with E-state index in [1.54, 1.807) is 0 Å². The van der Waals surface area contributed by atoms with E-state index in [0.717, 1.165) is 33.4 Å². The highest BCUT2D eigenvalue weighted by Crippen LogP contribution is 2.32. The molecular formula is C48H36O4Si. The number of hydrogen-bond acceptors (Lipinski definition) is 4. The SMILES string of the molecule is c1ccc(Oc2cc(Oc3ccccc3)cc([Si](c3ccccc3)(c3ccccc3)c3cc(Oc4ccccc4)cc(Oc4ccccc4)c3)c2)cc1. The van der Waals surface area contributed by atoms with Crippen LogP contribution in [0.2, 0.25) is 0 Å². The Morgan fingerprint density at radius 1 is 0.208 bits per heavy atom. The fraction of sp³-hybridized carbons (Fsp3) is 0. The Morgan fingerprint density at radius 2 is 0.434 bits per heavy atom. The molecule has 8 rings (SSSR count). The zero-order valence-electron chi connectivity index (χ0n) is 28.9. The summed E-state index contributed by atoms with van der Waals surface area (Å²) in [6, 6.07) is 73.4. The van der Waals surface area contributed by atoms with Crippen molar-refractivity contribution in [2.24, 2.45) is 0 Å². The first-order valence-corrected chi connectivity index (χ1v) is 19.6. The Labute approximate surface area is 311 Å². The number of rotatable bonds is 12. The van der Waals surface area contributed by atoms with Crippen LogP contribution in [0.15, 0.2) is 218 Å². The maximum Gasteiger partial charge on any atom is 0.180 e. The number of para-hydroxylation sites is 4. The molecule has 53 heavy (non-hydrogen) atoms. The third kappa shape index (κ3) is 7.61. The fourth-order valence-corrected chi connectivity index (χ4v) is 11.5. The highest BCUT2D eigenvalue weighted by Gasteiger charge is 2.43. The standard InChI is InChI=1S/C48H36O4Si/c1-7-19-37(20-8-1)49-41-31-42(50-38-21-9-2-10-22-38)34-47(33-41)53(45-27-15-5-16-28-45,46-29-17-6-18-30-46)48-35-43(51-39-23-11-3-12-24-39)32-44(36-48)52-40-25-13-4-14-26-40/h1-36H. The molecule has 0 aromatic heterocycles. The van der Waals surface area contributed by atoms with Gasteiger partial charge in [-0.25, -0.2) is 0 Å². The minimum absolute atomic E-state index is 0.667. The first-order chi connectivity index (χ1) is 26.2. The second kappa shape index (κ2) is 15.6. The van der Waals surface area contributed by atoms with E-state index in [0.29, 0.717) is 23.0 Å². The predicted molar refractivity (Wildman–Crippen MR) is 216 cm³/mol. The molecule has 0 heterocycles. The van der Waals surface area contributed by atoms with Crippen molar-refractivity contribution < 1.29 is 18.9 Å². The molecule has 0 aliphatic rings. The molecule has 0 atom stereocenters. The predicted octanol–water partition coefficient (Wildman–Crippen LogP) is 10.2. The molecule has 4 nitrogen and oxygen atoms in total. The lowest BCUT2D eigenvalue weighted by molar-refractivity contribution is 0.461. The van der Waals surface area contributed by atoms with Gasteiger partial charge in [-0.2, -0.15) is 0 Å². The summed E-state index contributed by atoms with van der Waals surface area (Å²) in [4.78, 5) is 0. The van der Waals surface area contributed by atoms with E-state index in [4.69, 9.17) is 18.9 Å². The molecule has 8 aromatic carbocycles. The van der Waals surface area contributed by atoms with Gasteiger partial charge in [0.05, 0.1) is 0 Å². The van der Waals surface area contributed by atoms with Crippen LogP contribution in [0.4, 0.5) is 0 Å². The molecule has 0 N–H and O–H groups in total. The van der Waals surface area contributed by atoms with Gasteiger partial charge in [0.25, 0.3) is 0 Å². The quantitative estimate of drug-likeness (QED) is 0.0937. The van der Waals surface area contributed by atoms with Gasteiger partial charge in [0.15, 0.2) is 8.07 Å². The molecule has 0 aliphatic carbocycles. The lowest BCUT2D eigenvalue weighted by Gasteiger charge is -2.35. The summed E-state index contributed by atoms with van der Waals surface area (Å²) in [5.41, 5.74) is 0. The average molecular weight is 705 g/mol. The second-order valence-electron chi connectivity index (χ2n) is 12.5. The van der Waals surface area contributed by atoms with Crippen LogP contribution in [-0.4, -0.2) is 8.07 Å². The van der Waals surface area contributed by atoms with Gasteiger partial charge in [-0.15, -0.1) is 0 Å². The number of benzene rings is 8. The first kappa shape index (κ1) is 33.3. The molecule has 0 saturated heterocycles. The Kier molecular flexibility index (Phi) is 9.81. The van der Waals surface area contributed by atoms with Crippen LogP contribution in [0.5, 0.6) is 46.0 Å². The highest BCUT2D eigenvalue weighted by atomic mass is 28.3. The first-order valence-electron chi connectivity index (χ1n) is 17.6. The number of hydrogen-bond donors (Lipinski definition) is 0. The van der Waals surface area contributed by atoms with Gasteiger partial charge in [-0.3, -0.25) is 0 Å². The minimum Gasteiger partial charge on any atom is -0.457 e. The van der Waals surface area contributed by atoms with Crippen LogP contribution in [0.3, 0.4) is 0 Å². The zero-order chi connectivity index (χ0) is 35.7. The molecule has 0 fully saturated rings. The van der Waals surface area contributed by atoms with Crippen molar-refractivity contribution in [2.45, 2.75) is 0 Å². The minimum atomic E-state index is -3.21. The summed E-state index contributed by atoms with van der Waals surface area (Å²) >= 11 is 0. The molecule has 0 spiro atoms. The van der Waals surface area contributed by atoms with E-state index in [9.17, 15) is 0 Å². The molecule has 5 heteroatoms. The largest absolute Gasteiger partial charge is 0.457 e. The zero-order valence-corrected chi connectivity index (χ0v) is 29.9. The molecule has 8 aromatic rings. The van der Waals surface area contributed by atoms with Crippen molar-refractivity contribution in [1.82, 2.24) is 0 Å². The van der Waals surface area contributed by atoms with Gasteiger partial charge in [-0.1, -0.05) is 133 Å². The molecule has 0 saturated carbocycles. The Hall–Kier alpha value is -6.82. The van der Waals surface area contributed by atoms with Gasteiger partial charge in [0.2, 0.25) is 0 Å². The van der Waals surface area contributed by atoms with E-state index in [1.165, 1.54) is 10.4 Å². The summed E-state index contributed by atoms with van der Waals surface area (Å²) in [6.45, 7) is 0. The normalized spacial score (nSPS) is 11.0. The van der Waals surface area contributed by atoms with E-state index in [1.807, 2.05) is 133 Å². The molecular weight excluding hydrogens is 669 g/mol. The Morgan fingerprint density at radius 3 is 0.679 bits per heavy atom. The van der Waals surface area contributed by atoms with Crippen LogP contribution in [0.1, 0.15) is 0 Å². The maximum atomic E-state index is 6.60. The van der Waals surface area contributed by atoms with Crippen LogP contribution in [0.25, 0.3) is 0 Å². The average Bonchev–Trinajstić information content (AvgIpc) is 3.21. The van der Waals surface area contributed by atoms with Crippen molar-refractivity contribution in [3.63, 3.8) is 0 Å². The van der Waals surface area contributed by atoms with Crippen molar-refractivity contribution >= 4 is 28.8 Å². The number of ether oxygens (including phenoxy) is 4. The lowest BCUT2D eigenvalue weighted by atomic mass is 10.3. The van der Waals surface area contributed by atoms with Crippen molar-refractivity contribution in [2.75, 3.05) is 0 Å². The molecule has 256 valence electrons. The van der Waals surface area contributed by atoms with Gasteiger partial charge >= 0.3 is 0 Å². The fourth-order valence-electron chi connectivity index (χ4n) is 6.69. The summed E-state index contributed by atoms with van der Waals surface area (Å²) in [5, 5.41) is 4.49. The van der Waals surface area contributed by atoms with Crippen molar-refractivity contribution in [3.8, 4) is 46.0 Å². The van der Waals surface area contributed by atoms with Gasteiger partial charge < -0.3 is 18.9 Å². The van der Waals surface area contributed by atoms with Gasteiger partial charge in [-0.05, 0) is 93.5 Å². The van der Waals surface area contributed by atoms with Crippen molar-refractivity contribution in [1.29, 1.82) is 0 Å². The molecule has 0 bridgehead atoms. The van der Waals surface area contributed by atoms with Crippen LogP contribution >= 0.6 is 0 Å². The van der Waals surface area contributed by atoms with Crippen LogP contribution in [0, 0.1) is 0 Å². The summed E-state index contributed by atoms with van der Waals surface area (Å²) in [7, 11) is -3.21. The third-order valence-electron chi connectivity index (χ3n) is 8.96. The van der Waals surface area contributed by atoms with E-state index >= 15 is 0 Å². The molecule has 0 aliphatic heterocycles. The molecule has 0 amide bonds. The van der Waals surface area contributed by atoms with E-state index in [-0.39, 0.29) is 0 Å². The topological polar surface area (TPSA) is 36.9 Å². The summed E-state index contributed by atoms with van der Waals surface area (Å²) in [5.74, 6) is 5.61. The van der Waals surface area contributed by atoms with Crippen LogP contribution < -0.4 is 39.7 Å². The van der Waals surface area contributed by atoms with Gasteiger partial charge in [0, 0.05) is 12.1 Å².